The first-order valence-corrected chi connectivity index (χ1v) is 5.86. The molecule has 1 aromatic rings. The van der Waals surface area contributed by atoms with Gasteiger partial charge >= 0.3 is 0 Å². The third-order valence-corrected chi connectivity index (χ3v) is 2.67. The lowest BCUT2D eigenvalue weighted by Gasteiger charge is -2.16. The molecule has 1 unspecified atom stereocenters. The van der Waals surface area contributed by atoms with E-state index >= 15 is 0 Å². The standard InChI is InChI=1S/C13H18O4/c1-9(14)8-10-4-5-11-13(12(10)15-2)17-7-3-6-16-11/h4-5,9,14H,3,6-8H2,1-2H3. The van der Waals surface area contributed by atoms with Crippen LogP contribution >= 0.6 is 0 Å². The van der Waals surface area contributed by atoms with Gasteiger partial charge in [-0.2, -0.15) is 0 Å². The summed E-state index contributed by atoms with van der Waals surface area (Å²) in [5.41, 5.74) is 0.937. The zero-order valence-corrected chi connectivity index (χ0v) is 10.2. The van der Waals surface area contributed by atoms with Gasteiger partial charge < -0.3 is 19.3 Å². The molecule has 4 heteroatoms. The molecule has 0 saturated carbocycles. The molecule has 0 aromatic heterocycles. The molecule has 17 heavy (non-hydrogen) atoms. The van der Waals surface area contributed by atoms with E-state index in [0.29, 0.717) is 36.9 Å². The van der Waals surface area contributed by atoms with Gasteiger partial charge in [-0.25, -0.2) is 0 Å². The van der Waals surface area contributed by atoms with Gasteiger partial charge in [0.15, 0.2) is 11.5 Å². The molecular weight excluding hydrogens is 220 g/mol. The van der Waals surface area contributed by atoms with E-state index in [1.165, 1.54) is 0 Å². The minimum Gasteiger partial charge on any atom is -0.492 e. The van der Waals surface area contributed by atoms with Crippen molar-refractivity contribution in [3.05, 3.63) is 17.7 Å². The van der Waals surface area contributed by atoms with Gasteiger partial charge in [-0.05, 0) is 13.0 Å². The number of hydrogen-bond acceptors (Lipinski definition) is 4. The maximum absolute atomic E-state index is 9.46. The Labute approximate surface area is 101 Å². The summed E-state index contributed by atoms with van der Waals surface area (Å²) >= 11 is 0. The van der Waals surface area contributed by atoms with Crippen LogP contribution in [0.25, 0.3) is 0 Å². The Balaban J connectivity index is 2.39. The van der Waals surface area contributed by atoms with E-state index in [1.54, 1.807) is 14.0 Å². The Kier molecular flexibility index (Phi) is 3.74. The molecule has 94 valence electrons. The van der Waals surface area contributed by atoms with Crippen molar-refractivity contribution >= 4 is 0 Å². The molecule has 1 atom stereocenters. The van der Waals surface area contributed by atoms with E-state index in [4.69, 9.17) is 14.2 Å². The maximum atomic E-state index is 9.46. The SMILES string of the molecule is COc1c(CC(C)O)ccc2c1OCCCO2. The van der Waals surface area contributed by atoms with Crippen molar-refractivity contribution in [2.75, 3.05) is 20.3 Å². The quantitative estimate of drug-likeness (QED) is 0.872. The van der Waals surface area contributed by atoms with Gasteiger partial charge in [-0.3, -0.25) is 0 Å². The second-order valence-corrected chi connectivity index (χ2v) is 4.19. The number of benzene rings is 1. The first kappa shape index (κ1) is 12.0. The number of hydrogen-bond donors (Lipinski definition) is 1. The molecule has 1 heterocycles. The summed E-state index contributed by atoms with van der Waals surface area (Å²) in [5, 5.41) is 9.46. The molecule has 2 rings (SSSR count). The van der Waals surface area contributed by atoms with Crippen LogP contribution in [0.5, 0.6) is 17.2 Å². The van der Waals surface area contributed by atoms with Gasteiger partial charge in [-0.15, -0.1) is 0 Å². The third kappa shape index (κ3) is 2.64. The van der Waals surface area contributed by atoms with Crippen LogP contribution in [0.1, 0.15) is 18.9 Å². The highest BCUT2D eigenvalue weighted by atomic mass is 16.5. The van der Waals surface area contributed by atoms with Crippen LogP contribution < -0.4 is 14.2 Å². The Hall–Kier alpha value is -1.42. The number of methoxy groups -OCH3 is 1. The number of rotatable bonds is 3. The average Bonchev–Trinajstić information content (AvgIpc) is 2.53. The van der Waals surface area contributed by atoms with Crippen molar-refractivity contribution in [3.8, 4) is 17.2 Å². The molecule has 1 aliphatic rings. The summed E-state index contributed by atoms with van der Waals surface area (Å²) in [7, 11) is 1.61. The third-order valence-electron chi connectivity index (χ3n) is 2.67. The molecule has 1 N–H and O–H groups in total. The molecule has 0 aliphatic carbocycles. The fourth-order valence-electron chi connectivity index (χ4n) is 1.95. The molecule has 0 spiro atoms. The first-order chi connectivity index (χ1) is 8.22. The highest BCUT2D eigenvalue weighted by Crippen LogP contribution is 2.41. The number of aliphatic hydroxyl groups excluding tert-OH is 1. The molecule has 1 aliphatic heterocycles. The van der Waals surface area contributed by atoms with Gasteiger partial charge in [0, 0.05) is 18.4 Å². The Morgan fingerprint density at radius 2 is 2.12 bits per heavy atom. The van der Waals surface area contributed by atoms with Crippen molar-refractivity contribution in [1.29, 1.82) is 0 Å². The lowest BCUT2D eigenvalue weighted by Crippen LogP contribution is -2.07. The van der Waals surface area contributed by atoms with Gasteiger partial charge in [0.1, 0.15) is 0 Å². The van der Waals surface area contributed by atoms with Crippen LogP contribution in [0.4, 0.5) is 0 Å². The van der Waals surface area contributed by atoms with Gasteiger partial charge in [0.25, 0.3) is 0 Å². The zero-order valence-electron chi connectivity index (χ0n) is 10.2. The Bertz CT molecular complexity index is 387. The molecule has 0 amide bonds. The summed E-state index contributed by atoms with van der Waals surface area (Å²) < 4.78 is 16.6. The highest BCUT2D eigenvalue weighted by molar-refractivity contribution is 5.56. The molecular formula is C13H18O4. The van der Waals surface area contributed by atoms with Crippen LogP contribution in [0.15, 0.2) is 12.1 Å². The summed E-state index contributed by atoms with van der Waals surface area (Å²) in [6, 6.07) is 3.79. The normalized spacial score (nSPS) is 16.2. The van der Waals surface area contributed by atoms with Gasteiger partial charge in [0.05, 0.1) is 26.4 Å². The summed E-state index contributed by atoms with van der Waals surface area (Å²) in [6.45, 7) is 3.04. The topological polar surface area (TPSA) is 47.9 Å². The second-order valence-electron chi connectivity index (χ2n) is 4.19. The number of fused-ring (bicyclic) bond motifs is 1. The van der Waals surface area contributed by atoms with Crippen molar-refractivity contribution in [2.24, 2.45) is 0 Å². The summed E-state index contributed by atoms with van der Waals surface area (Å²) in [6.07, 6.45) is 0.997. The van der Waals surface area contributed by atoms with E-state index in [9.17, 15) is 5.11 Å². The van der Waals surface area contributed by atoms with E-state index in [1.807, 2.05) is 12.1 Å². The minimum absolute atomic E-state index is 0.409. The molecule has 0 radical (unpaired) electrons. The molecule has 0 saturated heterocycles. The highest BCUT2D eigenvalue weighted by Gasteiger charge is 2.19. The van der Waals surface area contributed by atoms with Crippen molar-refractivity contribution in [2.45, 2.75) is 25.9 Å². The Morgan fingerprint density at radius 1 is 1.35 bits per heavy atom. The Morgan fingerprint density at radius 3 is 2.82 bits per heavy atom. The molecule has 1 aromatic carbocycles. The molecule has 0 bridgehead atoms. The van der Waals surface area contributed by atoms with E-state index < -0.39 is 6.10 Å². The van der Waals surface area contributed by atoms with Crippen LogP contribution in [0.3, 0.4) is 0 Å². The van der Waals surface area contributed by atoms with Crippen LogP contribution in [-0.4, -0.2) is 31.5 Å². The monoisotopic (exact) mass is 238 g/mol. The zero-order chi connectivity index (χ0) is 12.3. The maximum Gasteiger partial charge on any atom is 0.203 e. The fourth-order valence-corrected chi connectivity index (χ4v) is 1.95. The van der Waals surface area contributed by atoms with Crippen molar-refractivity contribution in [1.82, 2.24) is 0 Å². The number of aliphatic hydroxyl groups is 1. The summed E-state index contributed by atoms with van der Waals surface area (Å²) in [5.74, 6) is 2.04. The van der Waals surface area contributed by atoms with Crippen LogP contribution in [0.2, 0.25) is 0 Å². The second kappa shape index (κ2) is 5.27. The summed E-state index contributed by atoms with van der Waals surface area (Å²) in [4.78, 5) is 0. The van der Waals surface area contributed by atoms with Crippen molar-refractivity contribution < 1.29 is 19.3 Å². The predicted molar refractivity (Wildman–Crippen MR) is 64.0 cm³/mol. The molecule has 0 fully saturated rings. The van der Waals surface area contributed by atoms with Gasteiger partial charge in [-0.1, -0.05) is 6.07 Å². The van der Waals surface area contributed by atoms with Crippen molar-refractivity contribution in [3.63, 3.8) is 0 Å². The predicted octanol–water partition coefficient (Wildman–Crippen LogP) is 1.78. The largest absolute Gasteiger partial charge is 0.492 e. The van der Waals surface area contributed by atoms with Crippen LogP contribution in [-0.2, 0) is 6.42 Å². The van der Waals surface area contributed by atoms with Gasteiger partial charge in [0.2, 0.25) is 5.75 Å². The number of ether oxygens (including phenoxy) is 3. The lowest BCUT2D eigenvalue weighted by atomic mass is 10.1. The van der Waals surface area contributed by atoms with E-state index in [0.717, 1.165) is 12.0 Å². The molecule has 4 nitrogen and oxygen atoms in total. The van der Waals surface area contributed by atoms with E-state index in [-0.39, 0.29) is 0 Å². The first-order valence-electron chi connectivity index (χ1n) is 5.86. The smallest absolute Gasteiger partial charge is 0.203 e. The average molecular weight is 238 g/mol. The minimum atomic E-state index is -0.409. The lowest BCUT2D eigenvalue weighted by molar-refractivity contribution is 0.193. The van der Waals surface area contributed by atoms with Crippen LogP contribution in [0, 0.1) is 0 Å². The fraction of sp³-hybridized carbons (Fsp3) is 0.538. The van der Waals surface area contributed by atoms with E-state index in [2.05, 4.69) is 0 Å².